The van der Waals surface area contributed by atoms with Crippen molar-refractivity contribution in [3.63, 3.8) is 0 Å². The quantitative estimate of drug-likeness (QED) is 0.687. The van der Waals surface area contributed by atoms with E-state index in [1.807, 2.05) is 57.2 Å². The molecule has 5 nitrogen and oxygen atoms in total. The fourth-order valence-corrected chi connectivity index (χ4v) is 2.80. The molecule has 0 aliphatic rings. The summed E-state index contributed by atoms with van der Waals surface area (Å²) < 4.78 is 0. The predicted molar refractivity (Wildman–Crippen MR) is 109 cm³/mol. The average Bonchev–Trinajstić information content (AvgIpc) is 2.66. The third-order valence-electron chi connectivity index (χ3n) is 4.48. The second-order valence-corrected chi connectivity index (χ2v) is 6.58. The minimum absolute atomic E-state index is 0.236. The fourth-order valence-electron chi connectivity index (χ4n) is 2.80. The summed E-state index contributed by atoms with van der Waals surface area (Å²) in [7, 11) is 0. The fraction of sp³-hybridized carbons (Fsp3) is 0.227. The minimum atomic E-state index is -0.236. The molecule has 27 heavy (non-hydrogen) atoms. The van der Waals surface area contributed by atoms with Crippen LogP contribution in [-0.4, -0.2) is 22.4 Å². The molecule has 3 rings (SSSR count). The van der Waals surface area contributed by atoms with Crippen LogP contribution >= 0.6 is 0 Å². The number of anilines is 2. The van der Waals surface area contributed by atoms with Gasteiger partial charge in [0.15, 0.2) is 0 Å². The van der Waals surface area contributed by atoms with Gasteiger partial charge in [0.05, 0.1) is 0 Å². The molecule has 3 aromatic rings. The summed E-state index contributed by atoms with van der Waals surface area (Å²) in [6.07, 6.45) is 0.863. The molecular formula is C22H24N4O. The molecule has 0 atom stereocenters. The topological polar surface area (TPSA) is 66.9 Å². The highest BCUT2D eigenvalue weighted by molar-refractivity contribution is 6.03. The van der Waals surface area contributed by atoms with E-state index in [4.69, 9.17) is 0 Å². The first-order valence-corrected chi connectivity index (χ1v) is 9.04. The van der Waals surface area contributed by atoms with Gasteiger partial charge in [0.25, 0.3) is 5.91 Å². The number of carbonyl (C=O) groups is 1. The van der Waals surface area contributed by atoms with Crippen LogP contribution in [0.2, 0.25) is 0 Å². The molecule has 0 saturated heterocycles. The van der Waals surface area contributed by atoms with E-state index in [0.717, 1.165) is 28.9 Å². The molecule has 2 N–H and O–H groups in total. The average molecular weight is 360 g/mol. The van der Waals surface area contributed by atoms with Crippen molar-refractivity contribution >= 4 is 17.5 Å². The lowest BCUT2D eigenvalue weighted by Gasteiger charge is -2.11. The van der Waals surface area contributed by atoms with Gasteiger partial charge >= 0.3 is 0 Å². The number of rotatable bonds is 6. The molecule has 0 radical (unpaired) electrons. The van der Waals surface area contributed by atoms with Crippen molar-refractivity contribution in [1.82, 2.24) is 9.97 Å². The van der Waals surface area contributed by atoms with Crippen molar-refractivity contribution in [2.24, 2.45) is 0 Å². The Bertz CT molecular complexity index is 938. The Morgan fingerprint density at radius 3 is 2.52 bits per heavy atom. The van der Waals surface area contributed by atoms with Crippen LogP contribution in [0.15, 0.2) is 54.6 Å². The van der Waals surface area contributed by atoms with Gasteiger partial charge in [-0.05, 0) is 56.0 Å². The van der Waals surface area contributed by atoms with E-state index in [-0.39, 0.29) is 5.91 Å². The standard InChI is InChI=1S/C22H24N4O/c1-15-8-7-11-19(17(15)3)25-21(27)20-14-16(2)24-22(26-20)23-13-12-18-9-5-4-6-10-18/h4-11,14H,12-13H2,1-3H3,(H,25,27)(H,23,24,26). The van der Waals surface area contributed by atoms with E-state index < -0.39 is 0 Å². The first kappa shape index (κ1) is 18.6. The van der Waals surface area contributed by atoms with E-state index >= 15 is 0 Å². The number of carbonyl (C=O) groups excluding carboxylic acids is 1. The van der Waals surface area contributed by atoms with Gasteiger partial charge < -0.3 is 10.6 Å². The summed E-state index contributed by atoms with van der Waals surface area (Å²) in [5.74, 6) is 0.234. The smallest absolute Gasteiger partial charge is 0.274 e. The molecule has 0 spiro atoms. The maximum absolute atomic E-state index is 12.6. The molecule has 0 fully saturated rings. The van der Waals surface area contributed by atoms with Crippen LogP contribution in [0, 0.1) is 20.8 Å². The van der Waals surface area contributed by atoms with Crippen LogP contribution in [0.4, 0.5) is 11.6 Å². The number of hydrogen-bond acceptors (Lipinski definition) is 4. The van der Waals surface area contributed by atoms with Crippen molar-refractivity contribution in [3.05, 3.63) is 82.7 Å². The highest BCUT2D eigenvalue weighted by Crippen LogP contribution is 2.19. The zero-order valence-electron chi connectivity index (χ0n) is 15.9. The van der Waals surface area contributed by atoms with Crippen LogP contribution in [0.5, 0.6) is 0 Å². The number of aromatic nitrogens is 2. The molecule has 1 amide bonds. The summed E-state index contributed by atoms with van der Waals surface area (Å²) >= 11 is 0. The van der Waals surface area contributed by atoms with Gasteiger partial charge in [-0.25, -0.2) is 9.97 Å². The molecule has 0 aliphatic carbocycles. The van der Waals surface area contributed by atoms with Crippen LogP contribution in [0.3, 0.4) is 0 Å². The molecule has 1 heterocycles. The van der Waals surface area contributed by atoms with Crippen LogP contribution in [0.1, 0.15) is 32.9 Å². The lowest BCUT2D eigenvalue weighted by atomic mass is 10.1. The molecule has 138 valence electrons. The highest BCUT2D eigenvalue weighted by Gasteiger charge is 2.12. The lowest BCUT2D eigenvalue weighted by Crippen LogP contribution is -2.17. The molecule has 0 aliphatic heterocycles. The first-order chi connectivity index (χ1) is 13.0. The van der Waals surface area contributed by atoms with Crippen molar-refractivity contribution in [2.45, 2.75) is 27.2 Å². The third kappa shape index (κ3) is 4.91. The molecule has 0 unspecified atom stereocenters. The Hall–Kier alpha value is -3.21. The van der Waals surface area contributed by atoms with Crippen LogP contribution < -0.4 is 10.6 Å². The van der Waals surface area contributed by atoms with Crippen LogP contribution in [-0.2, 0) is 6.42 Å². The first-order valence-electron chi connectivity index (χ1n) is 9.04. The summed E-state index contributed by atoms with van der Waals surface area (Å²) in [6.45, 7) is 6.57. The largest absolute Gasteiger partial charge is 0.354 e. The van der Waals surface area contributed by atoms with E-state index in [2.05, 4.69) is 32.7 Å². The van der Waals surface area contributed by atoms with Gasteiger partial charge in [-0.1, -0.05) is 42.5 Å². The number of nitrogens with one attached hydrogen (secondary N) is 2. The van der Waals surface area contributed by atoms with Crippen LogP contribution in [0.25, 0.3) is 0 Å². The predicted octanol–water partition coefficient (Wildman–Crippen LogP) is 4.31. The maximum atomic E-state index is 12.6. The Morgan fingerprint density at radius 1 is 0.963 bits per heavy atom. The normalized spacial score (nSPS) is 10.5. The van der Waals surface area contributed by atoms with E-state index in [1.165, 1.54) is 5.56 Å². The summed E-state index contributed by atoms with van der Waals surface area (Å²) in [6, 6.07) is 17.8. The Morgan fingerprint density at radius 2 is 1.74 bits per heavy atom. The zero-order chi connectivity index (χ0) is 19.2. The summed E-state index contributed by atoms with van der Waals surface area (Å²) in [5.41, 5.74) is 5.33. The van der Waals surface area contributed by atoms with E-state index in [0.29, 0.717) is 18.2 Å². The monoisotopic (exact) mass is 360 g/mol. The Kier molecular flexibility index (Phi) is 5.81. The third-order valence-corrected chi connectivity index (χ3v) is 4.48. The minimum Gasteiger partial charge on any atom is -0.354 e. The summed E-state index contributed by atoms with van der Waals surface area (Å²) in [4.78, 5) is 21.4. The summed E-state index contributed by atoms with van der Waals surface area (Å²) in [5, 5.41) is 6.16. The van der Waals surface area contributed by atoms with Crippen molar-refractivity contribution in [3.8, 4) is 0 Å². The number of benzene rings is 2. The number of hydrogen-bond donors (Lipinski definition) is 2. The zero-order valence-corrected chi connectivity index (χ0v) is 15.9. The molecule has 0 saturated carbocycles. The van der Waals surface area contributed by atoms with Gasteiger partial charge in [0.1, 0.15) is 5.69 Å². The Labute approximate surface area is 159 Å². The van der Waals surface area contributed by atoms with Gasteiger partial charge in [0, 0.05) is 17.9 Å². The molecule has 1 aromatic heterocycles. The maximum Gasteiger partial charge on any atom is 0.274 e. The number of amides is 1. The van der Waals surface area contributed by atoms with Gasteiger partial charge in [-0.15, -0.1) is 0 Å². The highest BCUT2D eigenvalue weighted by atomic mass is 16.1. The SMILES string of the molecule is Cc1cc(C(=O)Nc2cccc(C)c2C)nc(NCCc2ccccc2)n1. The van der Waals surface area contributed by atoms with Crippen molar-refractivity contribution in [2.75, 3.05) is 17.2 Å². The molecule has 5 heteroatoms. The lowest BCUT2D eigenvalue weighted by molar-refractivity contribution is 0.102. The van der Waals surface area contributed by atoms with Crippen molar-refractivity contribution < 1.29 is 4.79 Å². The molecule has 2 aromatic carbocycles. The second kappa shape index (κ2) is 8.45. The number of nitrogens with zero attached hydrogens (tertiary/aromatic N) is 2. The number of aryl methyl sites for hydroxylation is 2. The van der Waals surface area contributed by atoms with E-state index in [9.17, 15) is 4.79 Å². The molecular weight excluding hydrogens is 336 g/mol. The van der Waals surface area contributed by atoms with E-state index in [1.54, 1.807) is 6.07 Å². The van der Waals surface area contributed by atoms with Gasteiger partial charge in [0.2, 0.25) is 5.95 Å². The second-order valence-electron chi connectivity index (χ2n) is 6.58. The van der Waals surface area contributed by atoms with Crippen molar-refractivity contribution in [1.29, 1.82) is 0 Å². The van der Waals surface area contributed by atoms with Gasteiger partial charge in [-0.3, -0.25) is 4.79 Å². The molecule has 0 bridgehead atoms. The Balaban J connectivity index is 1.68. The van der Waals surface area contributed by atoms with Gasteiger partial charge in [-0.2, -0.15) is 0 Å².